The van der Waals surface area contributed by atoms with Crippen molar-refractivity contribution in [3.8, 4) is 0 Å². The van der Waals surface area contributed by atoms with E-state index in [1.54, 1.807) is 0 Å². The normalized spacial score (nSPS) is 14.2. The number of rotatable bonds is 10. The van der Waals surface area contributed by atoms with Gasteiger partial charge in [-0.1, -0.05) is 26.7 Å². The van der Waals surface area contributed by atoms with Gasteiger partial charge in [-0.2, -0.15) is 0 Å². The lowest BCUT2D eigenvalue weighted by molar-refractivity contribution is -0.145. The van der Waals surface area contributed by atoms with Crippen LogP contribution in [0.5, 0.6) is 0 Å². The van der Waals surface area contributed by atoms with Gasteiger partial charge in [0.2, 0.25) is 0 Å². The van der Waals surface area contributed by atoms with Gasteiger partial charge >= 0.3 is 11.9 Å². The molecule has 5 heteroatoms. The SMILES string of the molecule is CCCC(CC(=O)O)OC(CCC)CC(=O)O. The Bertz CT molecular complexity index is 215. The van der Waals surface area contributed by atoms with E-state index < -0.39 is 11.9 Å². The molecule has 0 radical (unpaired) electrons. The van der Waals surface area contributed by atoms with Crippen LogP contribution in [0.2, 0.25) is 0 Å². The van der Waals surface area contributed by atoms with Gasteiger partial charge in [0.1, 0.15) is 0 Å². The Hall–Kier alpha value is -1.10. The van der Waals surface area contributed by atoms with Crippen LogP contribution in [0.25, 0.3) is 0 Å². The number of carbonyl (C=O) groups is 2. The van der Waals surface area contributed by atoms with Crippen molar-refractivity contribution in [1.82, 2.24) is 0 Å². The third-order valence-corrected chi connectivity index (χ3v) is 2.41. The van der Waals surface area contributed by atoms with E-state index in [1.807, 2.05) is 13.8 Å². The van der Waals surface area contributed by atoms with E-state index in [0.29, 0.717) is 12.8 Å². The van der Waals surface area contributed by atoms with Gasteiger partial charge in [0, 0.05) is 0 Å². The molecule has 0 fully saturated rings. The smallest absolute Gasteiger partial charge is 0.305 e. The molecule has 0 rings (SSSR count). The number of hydrogen-bond donors (Lipinski definition) is 2. The second kappa shape index (κ2) is 8.98. The molecule has 0 aliphatic heterocycles. The Morgan fingerprint density at radius 2 is 1.29 bits per heavy atom. The van der Waals surface area contributed by atoms with Crippen LogP contribution in [0.15, 0.2) is 0 Å². The van der Waals surface area contributed by atoms with Crippen LogP contribution in [0, 0.1) is 0 Å². The molecule has 0 heterocycles. The topological polar surface area (TPSA) is 83.8 Å². The summed E-state index contributed by atoms with van der Waals surface area (Å²) in [5.74, 6) is -1.82. The molecule has 0 spiro atoms. The van der Waals surface area contributed by atoms with E-state index in [9.17, 15) is 9.59 Å². The molecule has 0 aromatic carbocycles. The van der Waals surface area contributed by atoms with E-state index in [1.165, 1.54) is 0 Å². The minimum Gasteiger partial charge on any atom is -0.481 e. The predicted octanol–water partition coefficient (Wildman–Crippen LogP) is 2.29. The van der Waals surface area contributed by atoms with Crippen molar-refractivity contribution in [3.63, 3.8) is 0 Å². The van der Waals surface area contributed by atoms with Crippen molar-refractivity contribution < 1.29 is 24.5 Å². The van der Waals surface area contributed by atoms with Crippen LogP contribution in [0.1, 0.15) is 52.4 Å². The lowest BCUT2D eigenvalue weighted by Gasteiger charge is -2.22. The zero-order valence-corrected chi connectivity index (χ0v) is 10.5. The molecule has 0 aromatic heterocycles. The maximum absolute atomic E-state index is 10.6. The molecule has 0 aliphatic rings. The maximum atomic E-state index is 10.6. The van der Waals surface area contributed by atoms with Gasteiger partial charge in [0.15, 0.2) is 0 Å². The molecule has 0 aromatic rings. The molecule has 2 atom stereocenters. The quantitative estimate of drug-likeness (QED) is 0.618. The zero-order chi connectivity index (χ0) is 13.3. The van der Waals surface area contributed by atoms with Gasteiger partial charge in [-0.25, -0.2) is 0 Å². The van der Waals surface area contributed by atoms with Crippen molar-refractivity contribution in [3.05, 3.63) is 0 Å². The Balaban J connectivity index is 4.31. The van der Waals surface area contributed by atoms with E-state index in [-0.39, 0.29) is 25.0 Å². The molecule has 100 valence electrons. The number of carboxylic acid groups (broad SMARTS) is 2. The molecule has 0 amide bonds. The van der Waals surface area contributed by atoms with Crippen molar-refractivity contribution in [2.45, 2.75) is 64.6 Å². The van der Waals surface area contributed by atoms with Gasteiger partial charge < -0.3 is 14.9 Å². The summed E-state index contributed by atoms with van der Waals surface area (Å²) < 4.78 is 5.59. The summed E-state index contributed by atoms with van der Waals surface area (Å²) in [6, 6.07) is 0. The van der Waals surface area contributed by atoms with E-state index in [4.69, 9.17) is 14.9 Å². The molecule has 0 aliphatic carbocycles. The van der Waals surface area contributed by atoms with Crippen LogP contribution < -0.4 is 0 Å². The highest BCUT2D eigenvalue weighted by Crippen LogP contribution is 2.15. The van der Waals surface area contributed by atoms with Crippen LogP contribution in [-0.2, 0) is 14.3 Å². The molecule has 17 heavy (non-hydrogen) atoms. The lowest BCUT2D eigenvalue weighted by atomic mass is 10.1. The average Bonchev–Trinajstić information content (AvgIpc) is 2.16. The first-order valence-electron chi connectivity index (χ1n) is 6.08. The minimum atomic E-state index is -0.908. The molecule has 2 N–H and O–H groups in total. The number of aliphatic carboxylic acids is 2. The predicted molar refractivity (Wildman–Crippen MR) is 63.0 cm³/mol. The second-order valence-electron chi connectivity index (χ2n) is 4.15. The fourth-order valence-corrected chi connectivity index (χ4v) is 1.74. The number of ether oxygens (including phenoxy) is 1. The van der Waals surface area contributed by atoms with Crippen molar-refractivity contribution in [2.75, 3.05) is 0 Å². The third kappa shape index (κ3) is 8.68. The van der Waals surface area contributed by atoms with Gasteiger partial charge in [-0.3, -0.25) is 9.59 Å². The standard InChI is InChI=1S/C12H22O5/c1-3-5-9(7-11(13)14)17-10(6-4-2)8-12(15)16/h9-10H,3-8H2,1-2H3,(H,13,14)(H,15,16). The van der Waals surface area contributed by atoms with Gasteiger partial charge in [0.05, 0.1) is 25.0 Å². The number of carboxylic acids is 2. The van der Waals surface area contributed by atoms with Crippen LogP contribution >= 0.6 is 0 Å². The number of hydrogen-bond acceptors (Lipinski definition) is 3. The Labute approximate surface area is 102 Å². The maximum Gasteiger partial charge on any atom is 0.305 e. The summed E-state index contributed by atoms with van der Waals surface area (Å²) in [6.07, 6.45) is 2.05. The summed E-state index contributed by atoms with van der Waals surface area (Å²) in [5.41, 5.74) is 0. The van der Waals surface area contributed by atoms with Crippen LogP contribution in [0.3, 0.4) is 0 Å². The highest BCUT2D eigenvalue weighted by atomic mass is 16.5. The molecule has 2 unspecified atom stereocenters. The largest absolute Gasteiger partial charge is 0.481 e. The highest BCUT2D eigenvalue weighted by Gasteiger charge is 2.20. The van der Waals surface area contributed by atoms with E-state index >= 15 is 0 Å². The first-order valence-corrected chi connectivity index (χ1v) is 6.08. The van der Waals surface area contributed by atoms with Crippen molar-refractivity contribution in [1.29, 1.82) is 0 Å². The molecular weight excluding hydrogens is 224 g/mol. The summed E-state index contributed by atoms with van der Waals surface area (Å²) in [6.45, 7) is 3.90. The van der Waals surface area contributed by atoms with Crippen molar-refractivity contribution in [2.24, 2.45) is 0 Å². The van der Waals surface area contributed by atoms with Gasteiger partial charge in [-0.15, -0.1) is 0 Å². The van der Waals surface area contributed by atoms with Crippen molar-refractivity contribution >= 4 is 11.9 Å². The van der Waals surface area contributed by atoms with Crippen LogP contribution in [0.4, 0.5) is 0 Å². The minimum absolute atomic E-state index is 0.0618. The Morgan fingerprint density at radius 3 is 1.53 bits per heavy atom. The first kappa shape index (κ1) is 15.9. The van der Waals surface area contributed by atoms with Gasteiger partial charge in [0.25, 0.3) is 0 Å². The Kier molecular flexibility index (Phi) is 8.40. The molecule has 5 nitrogen and oxygen atoms in total. The molecule has 0 saturated carbocycles. The second-order valence-corrected chi connectivity index (χ2v) is 4.15. The average molecular weight is 246 g/mol. The van der Waals surface area contributed by atoms with E-state index in [2.05, 4.69) is 0 Å². The summed E-state index contributed by atoms with van der Waals surface area (Å²) in [7, 11) is 0. The zero-order valence-electron chi connectivity index (χ0n) is 10.5. The monoisotopic (exact) mass is 246 g/mol. The third-order valence-electron chi connectivity index (χ3n) is 2.41. The fraction of sp³-hybridized carbons (Fsp3) is 0.833. The van der Waals surface area contributed by atoms with E-state index in [0.717, 1.165) is 12.8 Å². The summed E-state index contributed by atoms with van der Waals surface area (Å²) in [5, 5.41) is 17.5. The first-order chi connectivity index (χ1) is 7.99. The fourth-order valence-electron chi connectivity index (χ4n) is 1.74. The highest BCUT2D eigenvalue weighted by molar-refractivity contribution is 5.68. The van der Waals surface area contributed by atoms with Crippen LogP contribution in [-0.4, -0.2) is 34.4 Å². The van der Waals surface area contributed by atoms with Gasteiger partial charge in [-0.05, 0) is 12.8 Å². The lowest BCUT2D eigenvalue weighted by Crippen LogP contribution is -2.26. The summed E-state index contributed by atoms with van der Waals surface area (Å²) in [4.78, 5) is 21.3. The molecule has 0 bridgehead atoms. The summed E-state index contributed by atoms with van der Waals surface area (Å²) >= 11 is 0. The Morgan fingerprint density at radius 1 is 0.941 bits per heavy atom. The molecular formula is C12H22O5. The molecule has 0 saturated heterocycles.